The van der Waals surface area contributed by atoms with Crippen LogP contribution in [0.25, 0.3) is 11.0 Å². The number of nitrogens with one attached hydrogen (secondary N) is 3. The maximum atomic E-state index is 11.8. The number of benzene rings is 2. The van der Waals surface area contributed by atoms with Crippen LogP contribution in [0.5, 0.6) is 0 Å². The molecule has 0 bridgehead atoms. The average molecular weight is 338 g/mol. The summed E-state index contributed by atoms with van der Waals surface area (Å²) >= 11 is 0. The molecule has 3 aromatic rings. The van der Waals surface area contributed by atoms with Crippen molar-refractivity contribution >= 4 is 40.2 Å². The normalized spacial score (nSPS) is 10.5. The van der Waals surface area contributed by atoms with E-state index in [-0.39, 0.29) is 11.9 Å². The zero-order chi connectivity index (χ0) is 17.8. The fourth-order valence-electron chi connectivity index (χ4n) is 2.39. The molecule has 1 aromatic heterocycles. The number of ether oxygens (including phenoxy) is 1. The number of fused-ring (bicyclic) bond motifs is 1. The molecule has 3 N–H and O–H groups in total. The number of esters is 1. The van der Waals surface area contributed by atoms with Crippen molar-refractivity contribution in [1.82, 2.24) is 9.97 Å². The maximum Gasteiger partial charge on any atom is 0.338 e. The number of carbonyl (C=O) groups is 2. The summed E-state index contributed by atoms with van der Waals surface area (Å²) in [6.07, 6.45) is 0. The minimum atomic E-state index is -0.359. The lowest BCUT2D eigenvalue weighted by Crippen LogP contribution is -2.05. The van der Waals surface area contributed by atoms with Gasteiger partial charge in [0.15, 0.2) is 0 Å². The molecular weight excluding hydrogens is 320 g/mol. The Labute approximate surface area is 144 Å². The minimum Gasteiger partial charge on any atom is -0.462 e. The van der Waals surface area contributed by atoms with Crippen molar-refractivity contribution in [2.75, 3.05) is 17.2 Å². The van der Waals surface area contributed by atoms with Gasteiger partial charge in [-0.15, -0.1) is 0 Å². The summed E-state index contributed by atoms with van der Waals surface area (Å²) in [5, 5.41) is 5.86. The number of nitrogens with zero attached hydrogens (tertiary/aromatic N) is 1. The molecule has 25 heavy (non-hydrogen) atoms. The molecule has 1 heterocycles. The molecule has 0 aliphatic heterocycles. The predicted molar refractivity (Wildman–Crippen MR) is 96.1 cm³/mol. The van der Waals surface area contributed by atoms with E-state index in [1.54, 1.807) is 37.3 Å². The summed E-state index contributed by atoms with van der Waals surface area (Å²) in [5.41, 5.74) is 3.50. The number of aromatic nitrogens is 2. The molecule has 3 rings (SSSR count). The second-order valence-electron chi connectivity index (χ2n) is 5.42. The number of carbonyl (C=O) groups excluding carboxylic acids is 2. The van der Waals surface area contributed by atoms with Gasteiger partial charge >= 0.3 is 5.97 Å². The van der Waals surface area contributed by atoms with Gasteiger partial charge in [-0.1, -0.05) is 0 Å². The van der Waals surface area contributed by atoms with Crippen LogP contribution in [0.1, 0.15) is 24.2 Å². The number of imidazole rings is 1. The molecule has 0 saturated heterocycles. The molecule has 7 heteroatoms. The molecule has 0 fully saturated rings. The van der Waals surface area contributed by atoms with Gasteiger partial charge in [0, 0.05) is 18.3 Å². The van der Waals surface area contributed by atoms with Gasteiger partial charge in [-0.3, -0.25) is 4.79 Å². The maximum absolute atomic E-state index is 11.8. The molecule has 7 nitrogen and oxygen atoms in total. The summed E-state index contributed by atoms with van der Waals surface area (Å²) in [6.45, 7) is 3.57. The first kappa shape index (κ1) is 16.5. The zero-order valence-corrected chi connectivity index (χ0v) is 13.9. The van der Waals surface area contributed by atoms with E-state index in [2.05, 4.69) is 20.6 Å². The first-order valence-electron chi connectivity index (χ1n) is 7.86. The third-order valence-corrected chi connectivity index (χ3v) is 3.46. The Balaban J connectivity index is 1.77. The second-order valence-corrected chi connectivity index (χ2v) is 5.42. The highest BCUT2D eigenvalue weighted by atomic mass is 16.5. The highest BCUT2D eigenvalue weighted by Crippen LogP contribution is 2.21. The van der Waals surface area contributed by atoms with Crippen LogP contribution in [0, 0.1) is 0 Å². The van der Waals surface area contributed by atoms with Crippen LogP contribution in [0.2, 0.25) is 0 Å². The van der Waals surface area contributed by atoms with Crippen molar-refractivity contribution in [3.8, 4) is 0 Å². The van der Waals surface area contributed by atoms with Crippen molar-refractivity contribution in [3.05, 3.63) is 48.0 Å². The number of hydrogen-bond donors (Lipinski definition) is 3. The zero-order valence-electron chi connectivity index (χ0n) is 13.9. The monoisotopic (exact) mass is 338 g/mol. The standard InChI is InChI=1S/C18H18N4O3/c1-3-25-17(24)12-4-9-15-16(10-12)22-18(21-15)20-14-7-5-13(6-8-14)19-11(2)23/h4-10H,3H2,1-2H3,(H,19,23)(H2,20,21,22). The predicted octanol–water partition coefficient (Wildman–Crippen LogP) is 3.44. The van der Waals surface area contributed by atoms with Crippen molar-refractivity contribution in [2.24, 2.45) is 0 Å². The number of hydrogen-bond acceptors (Lipinski definition) is 5. The summed E-state index contributed by atoms with van der Waals surface area (Å²) in [5.74, 6) is 0.0840. The second kappa shape index (κ2) is 7.04. The van der Waals surface area contributed by atoms with Crippen LogP contribution in [0.15, 0.2) is 42.5 Å². The van der Waals surface area contributed by atoms with E-state index in [1.807, 2.05) is 12.1 Å². The SMILES string of the molecule is CCOC(=O)c1ccc2nc(Nc3ccc(NC(C)=O)cc3)[nH]c2c1. The number of anilines is 3. The van der Waals surface area contributed by atoms with Gasteiger partial charge in [0.05, 0.1) is 23.2 Å². The van der Waals surface area contributed by atoms with Gasteiger partial charge in [-0.05, 0) is 49.4 Å². The van der Waals surface area contributed by atoms with Crippen molar-refractivity contribution in [2.45, 2.75) is 13.8 Å². The molecule has 0 radical (unpaired) electrons. The molecule has 0 aliphatic rings. The van der Waals surface area contributed by atoms with Gasteiger partial charge in [0.25, 0.3) is 0 Å². The van der Waals surface area contributed by atoms with E-state index in [0.29, 0.717) is 18.1 Å². The Morgan fingerprint density at radius 1 is 1.12 bits per heavy atom. The smallest absolute Gasteiger partial charge is 0.338 e. The van der Waals surface area contributed by atoms with E-state index in [9.17, 15) is 9.59 Å². The van der Waals surface area contributed by atoms with E-state index in [0.717, 1.165) is 22.4 Å². The quantitative estimate of drug-likeness (QED) is 0.619. The lowest BCUT2D eigenvalue weighted by molar-refractivity contribution is -0.114. The van der Waals surface area contributed by atoms with Crippen LogP contribution in [-0.2, 0) is 9.53 Å². The molecule has 2 aromatic carbocycles. The van der Waals surface area contributed by atoms with E-state index < -0.39 is 0 Å². The molecule has 0 unspecified atom stereocenters. The summed E-state index contributed by atoms with van der Waals surface area (Å²) in [4.78, 5) is 30.4. The van der Waals surface area contributed by atoms with Gasteiger partial charge in [-0.25, -0.2) is 9.78 Å². The van der Waals surface area contributed by atoms with Crippen LogP contribution >= 0.6 is 0 Å². The summed E-state index contributed by atoms with van der Waals surface area (Å²) in [6, 6.07) is 12.4. The van der Waals surface area contributed by atoms with Crippen LogP contribution < -0.4 is 10.6 Å². The lowest BCUT2D eigenvalue weighted by Gasteiger charge is -2.05. The van der Waals surface area contributed by atoms with E-state index >= 15 is 0 Å². The Kier molecular flexibility index (Phi) is 4.65. The van der Waals surface area contributed by atoms with Gasteiger partial charge in [-0.2, -0.15) is 0 Å². The fraction of sp³-hybridized carbons (Fsp3) is 0.167. The third-order valence-electron chi connectivity index (χ3n) is 3.46. The molecule has 0 spiro atoms. The number of H-pyrrole nitrogens is 1. The molecule has 1 amide bonds. The van der Waals surface area contributed by atoms with Gasteiger partial charge in [0.2, 0.25) is 11.9 Å². The van der Waals surface area contributed by atoms with Gasteiger partial charge < -0.3 is 20.4 Å². The first-order chi connectivity index (χ1) is 12.0. The molecule has 128 valence electrons. The Morgan fingerprint density at radius 3 is 2.52 bits per heavy atom. The molecule has 0 atom stereocenters. The van der Waals surface area contributed by atoms with Crippen LogP contribution in [-0.4, -0.2) is 28.5 Å². The van der Waals surface area contributed by atoms with E-state index in [1.165, 1.54) is 6.92 Å². The van der Waals surface area contributed by atoms with Crippen LogP contribution in [0.4, 0.5) is 17.3 Å². The van der Waals surface area contributed by atoms with Crippen LogP contribution in [0.3, 0.4) is 0 Å². The largest absolute Gasteiger partial charge is 0.462 e. The third kappa shape index (κ3) is 3.95. The fourth-order valence-corrected chi connectivity index (χ4v) is 2.39. The Bertz CT molecular complexity index is 916. The Morgan fingerprint density at radius 2 is 1.84 bits per heavy atom. The summed E-state index contributed by atoms with van der Waals surface area (Å²) < 4.78 is 5.00. The first-order valence-corrected chi connectivity index (χ1v) is 7.86. The Hall–Kier alpha value is -3.35. The minimum absolute atomic E-state index is 0.115. The van der Waals surface area contributed by atoms with Crippen molar-refractivity contribution < 1.29 is 14.3 Å². The highest BCUT2D eigenvalue weighted by Gasteiger charge is 2.10. The summed E-state index contributed by atoms with van der Waals surface area (Å²) in [7, 11) is 0. The lowest BCUT2D eigenvalue weighted by atomic mass is 10.2. The highest BCUT2D eigenvalue weighted by molar-refractivity contribution is 5.94. The van der Waals surface area contributed by atoms with E-state index in [4.69, 9.17) is 4.74 Å². The molecule has 0 saturated carbocycles. The average Bonchev–Trinajstić information content (AvgIpc) is 2.97. The topological polar surface area (TPSA) is 96.1 Å². The molecule has 0 aliphatic carbocycles. The van der Waals surface area contributed by atoms with Crippen molar-refractivity contribution in [1.29, 1.82) is 0 Å². The number of aromatic amines is 1. The number of rotatable bonds is 5. The van der Waals surface area contributed by atoms with Crippen molar-refractivity contribution in [3.63, 3.8) is 0 Å². The molecular formula is C18H18N4O3. The van der Waals surface area contributed by atoms with Gasteiger partial charge in [0.1, 0.15) is 0 Å². The number of amides is 1.